The van der Waals surface area contributed by atoms with Crippen molar-refractivity contribution in [2.45, 2.75) is 111 Å². The third-order valence-corrected chi connectivity index (χ3v) is 4.77. The smallest absolute Gasteiger partial charge is 0.320 e. The first-order chi connectivity index (χ1) is 12.2. The Labute approximate surface area is 157 Å². The first-order valence-electron chi connectivity index (χ1n) is 11.1. The van der Waals surface area contributed by atoms with Crippen LogP contribution in [0.25, 0.3) is 0 Å². The van der Waals surface area contributed by atoms with E-state index in [1.807, 2.05) is 0 Å². The topological polar surface area (TPSA) is 29.5 Å². The van der Waals surface area contributed by atoms with E-state index in [1.54, 1.807) is 0 Å². The molecule has 0 aromatic heterocycles. The molecule has 0 heterocycles. The van der Waals surface area contributed by atoms with Crippen molar-refractivity contribution in [3.63, 3.8) is 0 Å². The van der Waals surface area contributed by atoms with Gasteiger partial charge in [-0.2, -0.15) is 0 Å². The molecular weight excluding hydrogens is 310 g/mol. The molecule has 0 aliphatic heterocycles. The largest absolute Gasteiger partial charge is 0.465 e. The number of hydrogen-bond acceptors (Lipinski definition) is 3. The molecule has 0 fully saturated rings. The van der Waals surface area contributed by atoms with Crippen molar-refractivity contribution in [2.24, 2.45) is 0 Å². The summed E-state index contributed by atoms with van der Waals surface area (Å²) < 4.78 is 5.45. The standard InChI is InChI=1S/C22H45NO2/c1-4-7-10-11-12-13-14-17-20-25-22(24)21-23(18-15-8-5-2)19-16-9-6-3/h4-21H2,1-3H3. The molecular formula is C22H45NO2. The van der Waals surface area contributed by atoms with Gasteiger partial charge in [0.2, 0.25) is 0 Å². The second kappa shape index (κ2) is 19.8. The molecule has 0 amide bonds. The number of carbonyl (C=O) groups excluding carboxylic acids is 1. The minimum absolute atomic E-state index is 0.0315. The Balaban J connectivity index is 3.70. The van der Waals surface area contributed by atoms with Gasteiger partial charge in [0.1, 0.15) is 0 Å². The van der Waals surface area contributed by atoms with Crippen LogP contribution in [0, 0.1) is 0 Å². The summed E-state index contributed by atoms with van der Waals surface area (Å²) in [7, 11) is 0. The molecule has 0 aromatic rings. The van der Waals surface area contributed by atoms with Crippen molar-refractivity contribution in [3.8, 4) is 0 Å². The van der Waals surface area contributed by atoms with Crippen LogP contribution in [0.15, 0.2) is 0 Å². The summed E-state index contributed by atoms with van der Waals surface area (Å²) >= 11 is 0. The van der Waals surface area contributed by atoms with Crippen molar-refractivity contribution >= 4 is 5.97 Å². The predicted octanol–water partition coefficient (Wildman–Crippen LogP) is 6.35. The quantitative estimate of drug-likeness (QED) is 0.200. The van der Waals surface area contributed by atoms with Gasteiger partial charge in [-0.15, -0.1) is 0 Å². The van der Waals surface area contributed by atoms with Crippen molar-refractivity contribution in [3.05, 3.63) is 0 Å². The van der Waals surface area contributed by atoms with E-state index in [0.29, 0.717) is 13.2 Å². The van der Waals surface area contributed by atoms with Gasteiger partial charge in [-0.25, -0.2) is 0 Å². The van der Waals surface area contributed by atoms with E-state index >= 15 is 0 Å². The van der Waals surface area contributed by atoms with Crippen LogP contribution in [0.3, 0.4) is 0 Å². The molecule has 0 bridgehead atoms. The lowest BCUT2D eigenvalue weighted by Crippen LogP contribution is -2.33. The molecule has 0 aliphatic carbocycles. The number of ether oxygens (including phenoxy) is 1. The average molecular weight is 356 g/mol. The Bertz CT molecular complexity index is 271. The Morgan fingerprint density at radius 1 is 0.640 bits per heavy atom. The van der Waals surface area contributed by atoms with E-state index < -0.39 is 0 Å². The fraction of sp³-hybridized carbons (Fsp3) is 0.955. The number of rotatable bonds is 19. The summed E-state index contributed by atoms with van der Waals surface area (Å²) in [5.41, 5.74) is 0. The number of esters is 1. The van der Waals surface area contributed by atoms with Crippen molar-refractivity contribution in [1.82, 2.24) is 4.90 Å². The van der Waals surface area contributed by atoms with Crippen LogP contribution < -0.4 is 0 Å². The van der Waals surface area contributed by atoms with Crippen LogP contribution in [0.4, 0.5) is 0 Å². The van der Waals surface area contributed by atoms with Gasteiger partial charge >= 0.3 is 5.97 Å². The number of carbonyl (C=O) groups is 1. The molecule has 25 heavy (non-hydrogen) atoms. The molecule has 3 heteroatoms. The van der Waals surface area contributed by atoms with Gasteiger partial charge in [-0.1, -0.05) is 91.4 Å². The van der Waals surface area contributed by atoms with Crippen LogP contribution in [-0.4, -0.2) is 37.1 Å². The Kier molecular flexibility index (Phi) is 19.3. The predicted molar refractivity (Wildman–Crippen MR) is 109 cm³/mol. The molecule has 0 unspecified atom stereocenters. The Morgan fingerprint density at radius 3 is 1.60 bits per heavy atom. The van der Waals surface area contributed by atoms with E-state index in [1.165, 1.54) is 83.5 Å². The van der Waals surface area contributed by atoms with Crippen LogP contribution in [-0.2, 0) is 9.53 Å². The normalized spacial score (nSPS) is 11.2. The monoisotopic (exact) mass is 355 g/mol. The lowest BCUT2D eigenvalue weighted by molar-refractivity contribution is -0.145. The molecule has 0 saturated carbocycles. The van der Waals surface area contributed by atoms with Crippen LogP contribution in [0.1, 0.15) is 111 Å². The minimum Gasteiger partial charge on any atom is -0.465 e. The summed E-state index contributed by atoms with van der Waals surface area (Å²) in [5.74, 6) is -0.0315. The van der Waals surface area contributed by atoms with Gasteiger partial charge in [0.25, 0.3) is 0 Å². The summed E-state index contributed by atoms with van der Waals surface area (Å²) in [4.78, 5) is 14.4. The fourth-order valence-electron chi connectivity index (χ4n) is 3.09. The molecule has 150 valence electrons. The van der Waals surface area contributed by atoms with Crippen LogP contribution in [0.2, 0.25) is 0 Å². The Hall–Kier alpha value is -0.570. The fourth-order valence-corrected chi connectivity index (χ4v) is 3.09. The molecule has 0 atom stereocenters. The third kappa shape index (κ3) is 18.0. The van der Waals surface area contributed by atoms with E-state index in [4.69, 9.17) is 4.74 Å². The summed E-state index contributed by atoms with van der Waals surface area (Å²) in [6, 6.07) is 0. The maximum absolute atomic E-state index is 12.1. The zero-order valence-electron chi connectivity index (χ0n) is 17.5. The second-order valence-corrected chi connectivity index (χ2v) is 7.39. The van der Waals surface area contributed by atoms with Crippen molar-refractivity contribution < 1.29 is 9.53 Å². The first-order valence-corrected chi connectivity index (χ1v) is 11.1. The average Bonchev–Trinajstić information content (AvgIpc) is 2.60. The van der Waals surface area contributed by atoms with Gasteiger partial charge in [-0.05, 0) is 32.4 Å². The maximum Gasteiger partial charge on any atom is 0.320 e. The lowest BCUT2D eigenvalue weighted by Gasteiger charge is -2.21. The van der Waals surface area contributed by atoms with Gasteiger partial charge in [0.05, 0.1) is 13.2 Å². The first kappa shape index (κ1) is 24.4. The maximum atomic E-state index is 12.1. The highest BCUT2D eigenvalue weighted by Crippen LogP contribution is 2.08. The second-order valence-electron chi connectivity index (χ2n) is 7.39. The van der Waals surface area contributed by atoms with E-state index in [2.05, 4.69) is 25.7 Å². The molecule has 3 nitrogen and oxygen atoms in total. The Morgan fingerprint density at radius 2 is 1.08 bits per heavy atom. The highest BCUT2D eigenvalue weighted by Gasteiger charge is 2.11. The van der Waals surface area contributed by atoms with Gasteiger partial charge < -0.3 is 4.74 Å². The third-order valence-electron chi connectivity index (χ3n) is 4.77. The number of unbranched alkanes of at least 4 members (excludes halogenated alkanes) is 11. The lowest BCUT2D eigenvalue weighted by atomic mass is 10.1. The van der Waals surface area contributed by atoms with Crippen LogP contribution in [0.5, 0.6) is 0 Å². The SMILES string of the molecule is CCCCCCCCCCOC(=O)CN(CCCCC)CCCCC. The molecule has 0 aromatic carbocycles. The zero-order valence-corrected chi connectivity index (χ0v) is 17.5. The van der Waals surface area contributed by atoms with Gasteiger partial charge in [0, 0.05) is 0 Å². The molecule has 0 radical (unpaired) electrons. The van der Waals surface area contributed by atoms with Gasteiger partial charge in [-0.3, -0.25) is 9.69 Å². The van der Waals surface area contributed by atoms with E-state index in [9.17, 15) is 4.79 Å². The zero-order chi connectivity index (χ0) is 18.6. The summed E-state index contributed by atoms with van der Waals surface area (Å²) in [6.45, 7) is 9.84. The molecule has 0 rings (SSSR count). The summed E-state index contributed by atoms with van der Waals surface area (Å²) in [6.07, 6.45) is 17.6. The minimum atomic E-state index is -0.0315. The summed E-state index contributed by atoms with van der Waals surface area (Å²) in [5, 5.41) is 0. The molecule has 0 N–H and O–H groups in total. The van der Waals surface area contributed by atoms with Crippen molar-refractivity contribution in [2.75, 3.05) is 26.2 Å². The number of hydrogen-bond donors (Lipinski definition) is 0. The van der Waals surface area contributed by atoms with E-state index in [0.717, 1.165) is 19.5 Å². The van der Waals surface area contributed by atoms with Gasteiger partial charge in [0.15, 0.2) is 0 Å². The molecule has 0 saturated heterocycles. The highest BCUT2D eigenvalue weighted by atomic mass is 16.5. The molecule has 0 aliphatic rings. The number of nitrogens with zero attached hydrogens (tertiary/aromatic N) is 1. The van der Waals surface area contributed by atoms with Crippen molar-refractivity contribution in [1.29, 1.82) is 0 Å². The van der Waals surface area contributed by atoms with E-state index in [-0.39, 0.29) is 5.97 Å². The van der Waals surface area contributed by atoms with Crippen LogP contribution >= 0.6 is 0 Å². The molecule has 0 spiro atoms. The highest BCUT2D eigenvalue weighted by molar-refractivity contribution is 5.71.